The highest BCUT2D eigenvalue weighted by Crippen LogP contribution is 2.27. The molecule has 11 heteroatoms. The van der Waals surface area contributed by atoms with Gasteiger partial charge in [-0.2, -0.15) is 19.6 Å². The normalized spacial score (nSPS) is 20.3. The van der Waals surface area contributed by atoms with Gasteiger partial charge in [-0.05, 0) is 50.4 Å². The van der Waals surface area contributed by atoms with Gasteiger partial charge in [-0.1, -0.05) is 30.3 Å². The van der Waals surface area contributed by atoms with Crippen LogP contribution in [0.5, 0.6) is 0 Å². The molecule has 35 heavy (non-hydrogen) atoms. The maximum atomic E-state index is 12.0. The van der Waals surface area contributed by atoms with Crippen molar-refractivity contribution in [2.75, 3.05) is 30.3 Å². The van der Waals surface area contributed by atoms with Crippen LogP contribution < -0.4 is 21.3 Å². The van der Waals surface area contributed by atoms with Crippen LogP contribution in [0.3, 0.4) is 0 Å². The summed E-state index contributed by atoms with van der Waals surface area (Å²) < 4.78 is 1.64. The third kappa shape index (κ3) is 4.67. The predicted molar refractivity (Wildman–Crippen MR) is 131 cm³/mol. The molecule has 4 N–H and O–H groups in total. The number of anilines is 2. The molecule has 1 saturated carbocycles. The lowest BCUT2D eigenvalue weighted by molar-refractivity contribution is -0.115. The van der Waals surface area contributed by atoms with E-state index in [-0.39, 0.29) is 11.7 Å². The van der Waals surface area contributed by atoms with Gasteiger partial charge in [0.25, 0.3) is 5.91 Å². The molecule has 180 valence electrons. The molecule has 11 nitrogen and oxygen atoms in total. The van der Waals surface area contributed by atoms with Gasteiger partial charge in [0.05, 0.1) is 12.2 Å². The molecule has 3 amide bonds. The lowest BCUT2D eigenvalue weighted by atomic mass is 10.1. The molecule has 1 unspecified atom stereocenters. The number of nitrogens with one attached hydrogen (secondary N) is 4. The van der Waals surface area contributed by atoms with E-state index in [1.165, 1.54) is 18.4 Å². The first-order chi connectivity index (χ1) is 17.1. The summed E-state index contributed by atoms with van der Waals surface area (Å²) in [6.45, 7) is 3.04. The van der Waals surface area contributed by atoms with E-state index in [1.807, 2.05) is 18.2 Å². The zero-order valence-electron chi connectivity index (χ0n) is 19.2. The van der Waals surface area contributed by atoms with Gasteiger partial charge < -0.3 is 20.9 Å². The lowest BCUT2D eigenvalue weighted by Gasteiger charge is -2.25. The standard InChI is InChI=1S/C24H27N9O2/c34-21-18(28-24(35)30-21)12-16-13-25-33-20(16)29-22(31-23(33)26-17-8-9-17)27-19(14-32-10-4-5-11-32)15-6-2-1-3-7-15/h1-3,6-7,12-13,17,19H,4-5,8-11,14H2,(H2,26,27,29,31)(H2,28,30,34,35)/b18-12-. The van der Waals surface area contributed by atoms with Crippen LogP contribution in [0.2, 0.25) is 0 Å². The van der Waals surface area contributed by atoms with E-state index in [1.54, 1.807) is 16.8 Å². The van der Waals surface area contributed by atoms with Gasteiger partial charge in [-0.15, -0.1) is 0 Å². The van der Waals surface area contributed by atoms with Gasteiger partial charge in [0, 0.05) is 18.2 Å². The largest absolute Gasteiger partial charge is 0.351 e. The molecule has 0 bridgehead atoms. The van der Waals surface area contributed by atoms with Gasteiger partial charge in [0.2, 0.25) is 11.9 Å². The van der Waals surface area contributed by atoms with Crippen LogP contribution in [-0.2, 0) is 4.79 Å². The molecule has 1 aromatic carbocycles. The van der Waals surface area contributed by atoms with E-state index < -0.39 is 11.9 Å². The Balaban J connectivity index is 1.37. The number of nitrogens with zero attached hydrogens (tertiary/aromatic N) is 5. The Morgan fingerprint density at radius 2 is 1.89 bits per heavy atom. The van der Waals surface area contributed by atoms with E-state index in [9.17, 15) is 9.59 Å². The molecule has 0 radical (unpaired) electrons. The quantitative estimate of drug-likeness (QED) is 0.289. The number of likely N-dealkylation sites (tertiary alicyclic amines) is 1. The maximum Gasteiger partial charge on any atom is 0.326 e. The van der Waals surface area contributed by atoms with Crippen LogP contribution in [0.15, 0.2) is 42.2 Å². The number of hydrogen-bond donors (Lipinski definition) is 4. The summed E-state index contributed by atoms with van der Waals surface area (Å²) >= 11 is 0. The van der Waals surface area contributed by atoms with Crippen LogP contribution in [0, 0.1) is 0 Å². The molecule has 2 aromatic heterocycles. The highest BCUT2D eigenvalue weighted by atomic mass is 16.2. The van der Waals surface area contributed by atoms with Crippen LogP contribution in [0.25, 0.3) is 11.7 Å². The Morgan fingerprint density at radius 1 is 1.09 bits per heavy atom. The summed E-state index contributed by atoms with van der Waals surface area (Å²) in [5.74, 6) is 0.596. The smallest absolute Gasteiger partial charge is 0.326 e. The van der Waals surface area contributed by atoms with Crippen LogP contribution >= 0.6 is 0 Å². The number of imide groups is 1. The van der Waals surface area contributed by atoms with Crippen molar-refractivity contribution in [1.29, 1.82) is 0 Å². The summed E-state index contributed by atoms with van der Waals surface area (Å²) in [7, 11) is 0. The topological polar surface area (TPSA) is 129 Å². The first kappa shape index (κ1) is 21.5. The minimum absolute atomic E-state index is 0.00940. The Morgan fingerprint density at radius 3 is 2.60 bits per heavy atom. The third-order valence-corrected chi connectivity index (χ3v) is 6.47. The maximum absolute atomic E-state index is 12.0. The molecule has 6 rings (SSSR count). The van der Waals surface area contributed by atoms with Crippen molar-refractivity contribution in [1.82, 2.24) is 35.1 Å². The minimum Gasteiger partial charge on any atom is -0.351 e. The average molecular weight is 474 g/mol. The molecule has 3 fully saturated rings. The molecule has 2 aliphatic heterocycles. The van der Waals surface area contributed by atoms with Crippen molar-refractivity contribution in [2.45, 2.75) is 37.8 Å². The van der Waals surface area contributed by atoms with Crippen molar-refractivity contribution in [2.24, 2.45) is 0 Å². The molecule has 3 aromatic rings. The van der Waals surface area contributed by atoms with E-state index >= 15 is 0 Å². The minimum atomic E-state index is -0.543. The number of urea groups is 1. The second-order valence-corrected chi connectivity index (χ2v) is 9.21. The highest BCUT2D eigenvalue weighted by Gasteiger charge is 2.27. The summed E-state index contributed by atoms with van der Waals surface area (Å²) in [5.41, 5.74) is 2.48. The van der Waals surface area contributed by atoms with E-state index in [4.69, 9.17) is 9.97 Å². The number of fused-ring (bicyclic) bond motifs is 1. The fourth-order valence-corrected chi connectivity index (χ4v) is 4.50. The highest BCUT2D eigenvalue weighted by molar-refractivity contribution is 6.14. The fraction of sp³-hybridized carbons (Fsp3) is 0.375. The lowest BCUT2D eigenvalue weighted by Crippen LogP contribution is -2.30. The molecule has 4 heterocycles. The Hall–Kier alpha value is -3.99. The molecular formula is C24H27N9O2. The fourth-order valence-electron chi connectivity index (χ4n) is 4.50. The monoisotopic (exact) mass is 473 g/mol. The first-order valence-electron chi connectivity index (χ1n) is 12.0. The number of rotatable bonds is 8. The average Bonchev–Trinajstić information content (AvgIpc) is 3.21. The van der Waals surface area contributed by atoms with E-state index in [0.717, 1.165) is 32.5 Å². The molecule has 1 atom stereocenters. The van der Waals surface area contributed by atoms with Crippen LogP contribution in [-0.4, -0.2) is 62.1 Å². The first-order valence-corrected chi connectivity index (χ1v) is 12.0. The van der Waals surface area contributed by atoms with Crippen molar-refractivity contribution in [3.8, 4) is 0 Å². The van der Waals surface area contributed by atoms with E-state index in [2.05, 4.69) is 43.4 Å². The van der Waals surface area contributed by atoms with Gasteiger partial charge in [0.1, 0.15) is 5.70 Å². The van der Waals surface area contributed by atoms with Gasteiger partial charge >= 0.3 is 6.03 Å². The number of hydrogen-bond acceptors (Lipinski definition) is 8. The molecule has 2 saturated heterocycles. The molecule has 0 spiro atoms. The van der Waals surface area contributed by atoms with Crippen molar-refractivity contribution >= 4 is 35.6 Å². The number of amides is 3. The number of aromatic nitrogens is 4. The van der Waals surface area contributed by atoms with Gasteiger partial charge in [0.15, 0.2) is 5.65 Å². The summed E-state index contributed by atoms with van der Waals surface area (Å²) in [4.78, 5) is 35.6. The third-order valence-electron chi connectivity index (χ3n) is 6.47. The molecule has 3 aliphatic rings. The zero-order valence-corrected chi connectivity index (χ0v) is 19.2. The predicted octanol–water partition coefficient (Wildman–Crippen LogP) is 2.13. The second kappa shape index (κ2) is 8.99. The van der Waals surface area contributed by atoms with Crippen LogP contribution in [0.1, 0.15) is 42.9 Å². The Bertz CT molecular complexity index is 1290. The van der Waals surface area contributed by atoms with Gasteiger partial charge in [-0.3, -0.25) is 10.1 Å². The summed E-state index contributed by atoms with van der Waals surface area (Å²) in [6.07, 6.45) is 7.81. The number of carbonyl (C=O) groups excluding carboxylic acids is 2. The Kier molecular flexibility index (Phi) is 5.53. The SMILES string of the molecule is O=C1NC(=O)/C(=C/c2cnn3c(NC4CC4)nc(NC(CN4CCCC4)c4ccccc4)nc23)N1. The summed E-state index contributed by atoms with van der Waals surface area (Å²) in [5, 5.41) is 16.2. The number of carbonyl (C=O) groups is 2. The second-order valence-electron chi connectivity index (χ2n) is 9.21. The summed E-state index contributed by atoms with van der Waals surface area (Å²) in [6, 6.07) is 10.2. The Labute approximate surface area is 202 Å². The van der Waals surface area contributed by atoms with Crippen molar-refractivity contribution < 1.29 is 9.59 Å². The zero-order chi connectivity index (χ0) is 23.8. The van der Waals surface area contributed by atoms with Gasteiger partial charge in [-0.25, -0.2) is 4.79 Å². The van der Waals surface area contributed by atoms with Crippen LogP contribution in [0.4, 0.5) is 16.7 Å². The van der Waals surface area contributed by atoms with E-state index in [0.29, 0.717) is 29.1 Å². The number of benzene rings is 1. The van der Waals surface area contributed by atoms with Crippen molar-refractivity contribution in [3.63, 3.8) is 0 Å². The van der Waals surface area contributed by atoms with Crippen molar-refractivity contribution in [3.05, 3.63) is 53.4 Å². The molecule has 1 aliphatic carbocycles. The molecular weight excluding hydrogens is 446 g/mol.